The van der Waals surface area contributed by atoms with Gasteiger partial charge < -0.3 is 14.8 Å². The predicted molar refractivity (Wildman–Crippen MR) is 84.6 cm³/mol. The quantitative estimate of drug-likeness (QED) is 0.822. The van der Waals surface area contributed by atoms with Crippen LogP contribution in [-0.2, 0) is 11.2 Å². The van der Waals surface area contributed by atoms with Gasteiger partial charge in [0.15, 0.2) is 0 Å². The zero-order valence-corrected chi connectivity index (χ0v) is 13.4. The average molecular weight is 320 g/mol. The third kappa shape index (κ3) is 3.56. The fraction of sp³-hybridized carbons (Fsp3) is 0.500. The summed E-state index contributed by atoms with van der Waals surface area (Å²) in [7, 11) is 0. The molecule has 1 aliphatic rings. The molecule has 118 valence electrons. The van der Waals surface area contributed by atoms with Crippen molar-refractivity contribution in [2.24, 2.45) is 5.92 Å². The third-order valence-electron chi connectivity index (χ3n) is 3.97. The zero-order chi connectivity index (χ0) is 15.5. The standard InChI is InChI=1S/C16H20N2O3S/c1-10-14(18-16(21-10)12-5-7-22-9-12)8-15(20)17-13(4-6-19)11-2-3-11/h5,7,9,11,13,19H,2-4,6,8H2,1H3,(H,17,20). The van der Waals surface area contributed by atoms with Gasteiger partial charge in [0, 0.05) is 23.6 Å². The Morgan fingerprint density at radius 3 is 3.05 bits per heavy atom. The topological polar surface area (TPSA) is 75.4 Å². The molecule has 1 atom stereocenters. The summed E-state index contributed by atoms with van der Waals surface area (Å²) in [5.74, 6) is 1.71. The molecule has 0 aliphatic heterocycles. The van der Waals surface area contributed by atoms with Crippen molar-refractivity contribution < 1.29 is 14.3 Å². The van der Waals surface area contributed by atoms with Gasteiger partial charge >= 0.3 is 0 Å². The van der Waals surface area contributed by atoms with Crippen LogP contribution in [0.4, 0.5) is 0 Å². The van der Waals surface area contributed by atoms with E-state index >= 15 is 0 Å². The molecule has 2 N–H and O–H groups in total. The molecule has 0 spiro atoms. The van der Waals surface area contributed by atoms with Crippen LogP contribution < -0.4 is 5.32 Å². The second-order valence-electron chi connectivity index (χ2n) is 5.73. The smallest absolute Gasteiger partial charge is 0.227 e. The lowest BCUT2D eigenvalue weighted by atomic mass is 10.1. The van der Waals surface area contributed by atoms with E-state index in [1.165, 1.54) is 0 Å². The number of amides is 1. The summed E-state index contributed by atoms with van der Waals surface area (Å²) in [6.07, 6.45) is 3.11. The number of rotatable bonds is 7. The number of nitrogens with zero attached hydrogens (tertiary/aromatic N) is 1. The molecule has 22 heavy (non-hydrogen) atoms. The van der Waals surface area contributed by atoms with E-state index < -0.39 is 0 Å². The number of aliphatic hydroxyl groups excluding tert-OH is 1. The zero-order valence-electron chi connectivity index (χ0n) is 12.5. The molecule has 6 heteroatoms. The van der Waals surface area contributed by atoms with Crippen LogP contribution in [-0.4, -0.2) is 28.6 Å². The second kappa shape index (κ2) is 6.62. The van der Waals surface area contributed by atoms with Crippen molar-refractivity contribution in [1.29, 1.82) is 0 Å². The maximum atomic E-state index is 12.2. The number of nitrogens with one attached hydrogen (secondary N) is 1. The number of hydrogen-bond acceptors (Lipinski definition) is 5. The molecular weight excluding hydrogens is 300 g/mol. The van der Waals surface area contributed by atoms with E-state index in [4.69, 9.17) is 9.52 Å². The molecule has 0 bridgehead atoms. The van der Waals surface area contributed by atoms with Gasteiger partial charge in [-0.15, -0.1) is 0 Å². The summed E-state index contributed by atoms with van der Waals surface area (Å²) in [6, 6.07) is 2.03. The normalized spacial score (nSPS) is 15.7. The first-order valence-electron chi connectivity index (χ1n) is 7.56. The minimum absolute atomic E-state index is 0.0568. The van der Waals surface area contributed by atoms with E-state index in [1.54, 1.807) is 11.3 Å². The number of oxazole rings is 1. The fourth-order valence-corrected chi connectivity index (χ4v) is 3.20. The number of thiophene rings is 1. The van der Waals surface area contributed by atoms with Crippen molar-refractivity contribution in [3.8, 4) is 11.5 Å². The van der Waals surface area contributed by atoms with Crippen LogP contribution in [0.15, 0.2) is 21.2 Å². The summed E-state index contributed by atoms with van der Waals surface area (Å²) in [5, 5.41) is 16.1. The number of aryl methyl sites for hydroxylation is 1. The Morgan fingerprint density at radius 2 is 2.41 bits per heavy atom. The minimum Gasteiger partial charge on any atom is -0.441 e. The number of aromatic nitrogens is 1. The van der Waals surface area contributed by atoms with Crippen LogP contribution in [0.2, 0.25) is 0 Å². The van der Waals surface area contributed by atoms with Gasteiger partial charge in [-0.25, -0.2) is 4.98 Å². The first kappa shape index (κ1) is 15.2. The number of hydrogen-bond donors (Lipinski definition) is 2. The van der Waals surface area contributed by atoms with Gasteiger partial charge in [-0.05, 0) is 43.6 Å². The van der Waals surface area contributed by atoms with Gasteiger partial charge in [0.25, 0.3) is 0 Å². The molecule has 0 aromatic carbocycles. The molecule has 5 nitrogen and oxygen atoms in total. The summed E-state index contributed by atoms with van der Waals surface area (Å²) in [4.78, 5) is 16.6. The maximum Gasteiger partial charge on any atom is 0.227 e. The molecule has 1 fully saturated rings. The Bertz CT molecular complexity index is 632. The van der Waals surface area contributed by atoms with Crippen molar-refractivity contribution in [1.82, 2.24) is 10.3 Å². The van der Waals surface area contributed by atoms with Crippen LogP contribution in [0.25, 0.3) is 11.5 Å². The molecule has 1 aliphatic carbocycles. The molecule has 2 aromatic heterocycles. The molecular formula is C16H20N2O3S. The highest BCUT2D eigenvalue weighted by Crippen LogP contribution is 2.34. The van der Waals surface area contributed by atoms with Gasteiger partial charge in [0.2, 0.25) is 11.8 Å². The summed E-state index contributed by atoms with van der Waals surface area (Å²) in [6.45, 7) is 1.93. The maximum absolute atomic E-state index is 12.2. The van der Waals surface area contributed by atoms with Crippen molar-refractivity contribution in [3.05, 3.63) is 28.3 Å². The van der Waals surface area contributed by atoms with Crippen molar-refractivity contribution in [2.45, 2.75) is 38.6 Å². The number of carbonyl (C=O) groups is 1. The van der Waals surface area contributed by atoms with Gasteiger partial charge in [-0.3, -0.25) is 4.79 Å². The SMILES string of the molecule is Cc1oc(-c2ccsc2)nc1CC(=O)NC(CCO)C1CC1. The van der Waals surface area contributed by atoms with Crippen molar-refractivity contribution in [2.75, 3.05) is 6.61 Å². The Kier molecular flexibility index (Phi) is 4.59. The van der Waals surface area contributed by atoms with Gasteiger partial charge in [-0.2, -0.15) is 11.3 Å². The first-order chi connectivity index (χ1) is 10.7. The second-order valence-corrected chi connectivity index (χ2v) is 6.51. The van der Waals surface area contributed by atoms with Crippen LogP contribution in [0.3, 0.4) is 0 Å². The van der Waals surface area contributed by atoms with Crippen molar-refractivity contribution in [3.63, 3.8) is 0 Å². The lowest BCUT2D eigenvalue weighted by Crippen LogP contribution is -2.38. The van der Waals surface area contributed by atoms with E-state index in [2.05, 4.69) is 10.3 Å². The van der Waals surface area contributed by atoms with Crippen LogP contribution >= 0.6 is 11.3 Å². The third-order valence-corrected chi connectivity index (χ3v) is 4.65. The van der Waals surface area contributed by atoms with E-state index in [1.807, 2.05) is 23.8 Å². The van der Waals surface area contributed by atoms with Crippen LogP contribution in [0, 0.1) is 12.8 Å². The Balaban J connectivity index is 1.63. The van der Waals surface area contributed by atoms with Gasteiger partial charge in [0.05, 0.1) is 12.1 Å². The Hall–Kier alpha value is -1.66. The molecule has 0 saturated heterocycles. The lowest BCUT2D eigenvalue weighted by Gasteiger charge is -2.16. The largest absolute Gasteiger partial charge is 0.441 e. The molecule has 1 amide bonds. The van der Waals surface area contributed by atoms with Crippen LogP contribution in [0.1, 0.15) is 30.7 Å². The highest BCUT2D eigenvalue weighted by molar-refractivity contribution is 7.08. The Morgan fingerprint density at radius 1 is 1.59 bits per heavy atom. The van der Waals surface area contributed by atoms with E-state index in [0.29, 0.717) is 29.7 Å². The Labute approximate surface area is 133 Å². The molecule has 1 saturated carbocycles. The summed E-state index contributed by atoms with van der Waals surface area (Å²) >= 11 is 1.58. The summed E-state index contributed by atoms with van der Waals surface area (Å²) in [5.41, 5.74) is 1.62. The van der Waals surface area contributed by atoms with Crippen molar-refractivity contribution >= 4 is 17.2 Å². The monoisotopic (exact) mass is 320 g/mol. The fourth-order valence-electron chi connectivity index (χ4n) is 2.57. The van der Waals surface area contributed by atoms with E-state index in [0.717, 1.165) is 18.4 Å². The highest BCUT2D eigenvalue weighted by Gasteiger charge is 2.32. The molecule has 1 unspecified atom stereocenters. The number of carbonyl (C=O) groups excluding carboxylic acids is 1. The summed E-state index contributed by atoms with van der Waals surface area (Å²) < 4.78 is 5.65. The van der Waals surface area contributed by atoms with Crippen LogP contribution in [0.5, 0.6) is 0 Å². The minimum atomic E-state index is -0.0568. The van der Waals surface area contributed by atoms with Gasteiger partial charge in [0.1, 0.15) is 5.76 Å². The van der Waals surface area contributed by atoms with E-state index in [9.17, 15) is 4.79 Å². The highest BCUT2D eigenvalue weighted by atomic mass is 32.1. The average Bonchev–Trinajstić information content (AvgIpc) is 3.06. The molecule has 3 rings (SSSR count). The first-order valence-corrected chi connectivity index (χ1v) is 8.50. The lowest BCUT2D eigenvalue weighted by molar-refractivity contribution is -0.121. The molecule has 2 heterocycles. The molecule has 2 aromatic rings. The van der Waals surface area contributed by atoms with E-state index in [-0.39, 0.29) is 25.0 Å². The number of aliphatic hydroxyl groups is 1. The molecule has 0 radical (unpaired) electrons. The van der Waals surface area contributed by atoms with Gasteiger partial charge in [-0.1, -0.05) is 0 Å². The predicted octanol–water partition coefficient (Wildman–Crippen LogP) is 2.53.